The van der Waals surface area contributed by atoms with Crippen LogP contribution in [0, 0.1) is 6.92 Å². The molecule has 0 saturated carbocycles. The van der Waals surface area contributed by atoms with E-state index < -0.39 is 10.0 Å². The number of nitrogens with one attached hydrogen (secondary N) is 2. The lowest BCUT2D eigenvalue weighted by Gasteiger charge is -2.09. The topological polar surface area (TPSA) is 58.2 Å². The molecule has 6 heteroatoms. The predicted octanol–water partition coefficient (Wildman–Crippen LogP) is 2.04. The first-order chi connectivity index (χ1) is 8.47. The van der Waals surface area contributed by atoms with Crippen molar-refractivity contribution in [3.8, 4) is 0 Å². The summed E-state index contributed by atoms with van der Waals surface area (Å²) in [6.45, 7) is 5.92. The van der Waals surface area contributed by atoms with E-state index in [0.29, 0.717) is 17.6 Å². The minimum atomic E-state index is -3.43. The molecular weight excluding hydrogens is 316 g/mol. The molecule has 4 nitrogen and oxygen atoms in total. The number of sulfonamides is 1. The molecule has 0 spiro atoms. The van der Waals surface area contributed by atoms with Gasteiger partial charge in [-0.25, -0.2) is 13.1 Å². The Morgan fingerprint density at radius 2 is 1.94 bits per heavy atom. The van der Waals surface area contributed by atoms with Crippen LogP contribution >= 0.6 is 15.9 Å². The number of hydrogen-bond acceptors (Lipinski definition) is 3. The van der Waals surface area contributed by atoms with Crippen LogP contribution in [0.1, 0.15) is 18.9 Å². The van der Waals surface area contributed by atoms with Gasteiger partial charge in [-0.05, 0) is 53.5 Å². The fourth-order valence-corrected chi connectivity index (χ4v) is 3.70. The Kier molecular flexibility index (Phi) is 6.28. The maximum Gasteiger partial charge on any atom is 0.241 e. The largest absolute Gasteiger partial charge is 0.315 e. The highest BCUT2D eigenvalue weighted by molar-refractivity contribution is 9.10. The zero-order valence-corrected chi connectivity index (χ0v) is 13.1. The number of rotatable bonds is 7. The Hall–Kier alpha value is -0.430. The highest BCUT2D eigenvalue weighted by Crippen LogP contribution is 2.22. The van der Waals surface area contributed by atoms with Gasteiger partial charge >= 0.3 is 0 Å². The maximum atomic E-state index is 12.0. The van der Waals surface area contributed by atoms with Crippen molar-refractivity contribution in [3.05, 3.63) is 28.2 Å². The van der Waals surface area contributed by atoms with Crippen molar-refractivity contribution in [2.24, 2.45) is 0 Å². The molecule has 1 rings (SSSR count). The van der Waals surface area contributed by atoms with E-state index in [0.717, 1.165) is 18.5 Å². The van der Waals surface area contributed by atoms with Crippen molar-refractivity contribution in [3.63, 3.8) is 0 Å². The summed E-state index contributed by atoms with van der Waals surface area (Å²) in [4.78, 5) is 0.281. The van der Waals surface area contributed by atoms with Gasteiger partial charge in [-0.2, -0.15) is 0 Å². The van der Waals surface area contributed by atoms with Crippen LogP contribution in [-0.4, -0.2) is 28.1 Å². The molecule has 0 aromatic heterocycles. The third-order valence-electron chi connectivity index (χ3n) is 2.40. The average molecular weight is 335 g/mol. The number of benzene rings is 1. The second kappa shape index (κ2) is 7.23. The molecule has 0 amide bonds. The van der Waals surface area contributed by atoms with Gasteiger partial charge in [0, 0.05) is 17.6 Å². The van der Waals surface area contributed by atoms with Crippen LogP contribution in [0.3, 0.4) is 0 Å². The summed E-state index contributed by atoms with van der Waals surface area (Å²) in [5.74, 6) is 0. The van der Waals surface area contributed by atoms with E-state index in [1.54, 1.807) is 18.2 Å². The lowest BCUT2D eigenvalue weighted by Crippen LogP contribution is -2.32. The fraction of sp³-hybridized carbons (Fsp3) is 0.500. The van der Waals surface area contributed by atoms with Crippen LogP contribution in [0.15, 0.2) is 27.6 Å². The first-order valence-electron chi connectivity index (χ1n) is 5.94. The summed E-state index contributed by atoms with van der Waals surface area (Å²) < 4.78 is 27.2. The molecule has 1 aromatic rings. The number of halogens is 1. The molecule has 2 N–H and O–H groups in total. The van der Waals surface area contributed by atoms with Crippen molar-refractivity contribution >= 4 is 26.0 Å². The zero-order valence-electron chi connectivity index (χ0n) is 10.7. The molecule has 0 aliphatic rings. The molecule has 0 saturated heterocycles. The molecule has 18 heavy (non-hydrogen) atoms. The molecule has 0 unspecified atom stereocenters. The van der Waals surface area contributed by atoms with Gasteiger partial charge in [0.2, 0.25) is 10.0 Å². The average Bonchev–Trinajstić information content (AvgIpc) is 2.28. The molecule has 0 aliphatic heterocycles. The van der Waals surface area contributed by atoms with Gasteiger partial charge in [-0.15, -0.1) is 0 Å². The Labute approximate surface area is 117 Å². The Balaban J connectivity index is 2.63. The molecule has 0 bridgehead atoms. The summed E-state index contributed by atoms with van der Waals surface area (Å²) in [7, 11) is -3.43. The lowest BCUT2D eigenvalue weighted by atomic mass is 10.2. The summed E-state index contributed by atoms with van der Waals surface area (Å²) in [6, 6.07) is 5.19. The Morgan fingerprint density at radius 3 is 2.56 bits per heavy atom. The SMILES string of the molecule is CCCNCCNS(=O)(=O)c1ccc(C)cc1Br. The second-order valence-corrected chi connectivity index (χ2v) is 6.67. The van der Waals surface area contributed by atoms with Gasteiger partial charge in [-0.1, -0.05) is 13.0 Å². The van der Waals surface area contributed by atoms with Crippen LogP contribution in [-0.2, 0) is 10.0 Å². The van der Waals surface area contributed by atoms with Crippen LogP contribution in [0.4, 0.5) is 0 Å². The number of aryl methyl sites for hydroxylation is 1. The van der Waals surface area contributed by atoms with Crippen molar-refractivity contribution in [2.75, 3.05) is 19.6 Å². The maximum absolute atomic E-state index is 12.0. The predicted molar refractivity (Wildman–Crippen MR) is 77.2 cm³/mol. The minimum absolute atomic E-state index is 0.281. The van der Waals surface area contributed by atoms with E-state index >= 15 is 0 Å². The van der Waals surface area contributed by atoms with Gasteiger partial charge in [0.15, 0.2) is 0 Å². The highest BCUT2D eigenvalue weighted by Gasteiger charge is 2.16. The molecule has 0 aliphatic carbocycles. The van der Waals surface area contributed by atoms with Crippen molar-refractivity contribution in [2.45, 2.75) is 25.2 Å². The smallest absolute Gasteiger partial charge is 0.241 e. The summed E-state index contributed by atoms with van der Waals surface area (Å²) >= 11 is 3.28. The first-order valence-corrected chi connectivity index (χ1v) is 8.21. The van der Waals surface area contributed by atoms with E-state index in [4.69, 9.17) is 0 Å². The van der Waals surface area contributed by atoms with Crippen molar-refractivity contribution in [1.82, 2.24) is 10.0 Å². The highest BCUT2D eigenvalue weighted by atomic mass is 79.9. The second-order valence-electron chi connectivity index (χ2n) is 4.08. The molecule has 0 radical (unpaired) electrons. The van der Waals surface area contributed by atoms with E-state index in [2.05, 4.69) is 32.9 Å². The standard InChI is InChI=1S/C12H19BrN2O2S/c1-3-6-14-7-8-15-18(16,17)12-5-4-10(2)9-11(12)13/h4-5,9,14-15H,3,6-8H2,1-2H3. The third-order valence-corrected chi connectivity index (χ3v) is 4.84. The molecular formula is C12H19BrN2O2S. The van der Waals surface area contributed by atoms with Gasteiger partial charge in [-0.3, -0.25) is 0 Å². The Bertz CT molecular complexity index is 489. The lowest BCUT2D eigenvalue weighted by molar-refractivity contribution is 0.575. The summed E-state index contributed by atoms with van der Waals surface area (Å²) in [6.07, 6.45) is 1.04. The zero-order chi connectivity index (χ0) is 13.6. The van der Waals surface area contributed by atoms with E-state index in [9.17, 15) is 8.42 Å². The normalized spacial score (nSPS) is 11.7. The molecule has 102 valence electrons. The van der Waals surface area contributed by atoms with Gasteiger partial charge in [0.1, 0.15) is 0 Å². The van der Waals surface area contributed by atoms with Crippen molar-refractivity contribution in [1.29, 1.82) is 0 Å². The van der Waals surface area contributed by atoms with Gasteiger partial charge in [0.25, 0.3) is 0 Å². The molecule has 0 fully saturated rings. The van der Waals surface area contributed by atoms with Gasteiger partial charge < -0.3 is 5.32 Å². The van der Waals surface area contributed by atoms with E-state index in [-0.39, 0.29) is 4.90 Å². The monoisotopic (exact) mass is 334 g/mol. The van der Waals surface area contributed by atoms with Crippen molar-refractivity contribution < 1.29 is 8.42 Å². The quantitative estimate of drug-likeness (QED) is 0.750. The number of hydrogen-bond donors (Lipinski definition) is 2. The van der Waals surface area contributed by atoms with Crippen LogP contribution in [0.5, 0.6) is 0 Å². The summed E-state index contributed by atoms with van der Waals surface area (Å²) in [5.41, 5.74) is 1.02. The minimum Gasteiger partial charge on any atom is -0.315 e. The van der Waals surface area contributed by atoms with E-state index in [1.807, 2.05) is 6.92 Å². The molecule has 0 heterocycles. The Morgan fingerprint density at radius 1 is 1.22 bits per heavy atom. The van der Waals surface area contributed by atoms with Crippen LogP contribution in [0.2, 0.25) is 0 Å². The first kappa shape index (κ1) is 15.6. The van der Waals surface area contributed by atoms with E-state index in [1.165, 1.54) is 0 Å². The molecule has 0 atom stereocenters. The van der Waals surface area contributed by atoms with Crippen LogP contribution in [0.25, 0.3) is 0 Å². The summed E-state index contributed by atoms with van der Waals surface area (Å²) in [5, 5.41) is 3.14. The van der Waals surface area contributed by atoms with Gasteiger partial charge in [0.05, 0.1) is 4.90 Å². The molecule has 1 aromatic carbocycles. The fourth-order valence-electron chi connectivity index (χ4n) is 1.48. The van der Waals surface area contributed by atoms with Crippen LogP contribution < -0.4 is 10.0 Å². The third kappa shape index (κ3) is 4.68.